The molecule has 4 heteroatoms. The van der Waals surface area contributed by atoms with Crippen LogP contribution in [0.3, 0.4) is 0 Å². The Bertz CT molecular complexity index is 778. The van der Waals surface area contributed by atoms with Gasteiger partial charge in [-0.3, -0.25) is 4.79 Å². The van der Waals surface area contributed by atoms with Crippen molar-refractivity contribution < 1.29 is 0 Å². The number of hydrogen-bond acceptors (Lipinski definition) is 3. The second-order valence-electron chi connectivity index (χ2n) is 4.50. The smallest absolute Gasteiger partial charge is 0.258 e. The molecule has 0 atom stereocenters. The molecule has 0 bridgehead atoms. The topological polar surface area (TPSA) is 47.8 Å². The molecule has 0 aliphatic heterocycles. The summed E-state index contributed by atoms with van der Waals surface area (Å²) in [5.41, 5.74) is 1.14. The van der Waals surface area contributed by atoms with Crippen LogP contribution in [0.15, 0.2) is 53.7 Å². The molecule has 0 N–H and O–H groups in total. The molecule has 0 unspecified atom stereocenters. The van der Waals surface area contributed by atoms with Gasteiger partial charge >= 0.3 is 0 Å². The molecule has 0 aliphatic carbocycles. The number of aryl methyl sites for hydroxylation is 1. The molecule has 3 rings (SSSR count). The van der Waals surface area contributed by atoms with Crippen LogP contribution in [0, 0.1) is 6.92 Å². The quantitative estimate of drug-likeness (QED) is 0.701. The standard InChI is InChI=1S/C15H13N3O/c1-11-3-4-13-12(9-11)5-8-18(15(13)19)10-14-16-6-2-7-17-14/h2-9H,10H2,1H3. The van der Waals surface area contributed by atoms with Gasteiger partial charge in [-0.25, -0.2) is 9.97 Å². The van der Waals surface area contributed by atoms with Gasteiger partial charge in [-0.05, 0) is 30.5 Å². The van der Waals surface area contributed by atoms with Gasteiger partial charge in [0.25, 0.3) is 5.56 Å². The highest BCUT2D eigenvalue weighted by Crippen LogP contribution is 2.11. The van der Waals surface area contributed by atoms with Crippen LogP contribution in [0.1, 0.15) is 11.4 Å². The van der Waals surface area contributed by atoms with Gasteiger partial charge in [-0.1, -0.05) is 17.7 Å². The summed E-state index contributed by atoms with van der Waals surface area (Å²) in [6, 6.07) is 9.55. The summed E-state index contributed by atoms with van der Waals surface area (Å²) < 4.78 is 1.63. The minimum atomic E-state index is -0.00930. The Kier molecular flexibility index (Phi) is 2.83. The minimum absolute atomic E-state index is 0.00930. The lowest BCUT2D eigenvalue weighted by atomic mass is 10.1. The summed E-state index contributed by atoms with van der Waals surface area (Å²) in [4.78, 5) is 20.6. The van der Waals surface area contributed by atoms with E-state index in [1.54, 1.807) is 29.2 Å². The highest BCUT2D eigenvalue weighted by atomic mass is 16.1. The van der Waals surface area contributed by atoms with E-state index in [9.17, 15) is 4.79 Å². The molecule has 0 fully saturated rings. The van der Waals surface area contributed by atoms with E-state index >= 15 is 0 Å². The summed E-state index contributed by atoms with van der Waals surface area (Å²) in [6.07, 6.45) is 5.15. The Morgan fingerprint density at radius 1 is 1.16 bits per heavy atom. The zero-order chi connectivity index (χ0) is 13.2. The summed E-state index contributed by atoms with van der Waals surface area (Å²) in [7, 11) is 0. The van der Waals surface area contributed by atoms with Crippen molar-refractivity contribution in [2.45, 2.75) is 13.5 Å². The molecule has 2 aromatic heterocycles. The Morgan fingerprint density at radius 2 is 1.95 bits per heavy atom. The van der Waals surface area contributed by atoms with Gasteiger partial charge in [0.05, 0.1) is 6.54 Å². The number of nitrogens with zero attached hydrogens (tertiary/aromatic N) is 3. The molecular formula is C15H13N3O. The van der Waals surface area contributed by atoms with Crippen molar-refractivity contribution in [3.8, 4) is 0 Å². The number of rotatable bonds is 2. The van der Waals surface area contributed by atoms with Crippen LogP contribution in [-0.4, -0.2) is 14.5 Å². The van der Waals surface area contributed by atoms with Crippen molar-refractivity contribution in [1.82, 2.24) is 14.5 Å². The normalized spacial score (nSPS) is 10.8. The number of pyridine rings is 1. The Hall–Kier alpha value is -2.49. The number of benzene rings is 1. The SMILES string of the molecule is Cc1ccc2c(=O)n(Cc3ncccn3)ccc2c1. The first-order valence-corrected chi connectivity index (χ1v) is 6.10. The molecule has 0 saturated heterocycles. The predicted octanol–water partition coefficient (Wildman–Crippen LogP) is 2.15. The van der Waals surface area contributed by atoms with Crippen molar-refractivity contribution in [3.05, 3.63) is 70.7 Å². The first-order valence-electron chi connectivity index (χ1n) is 6.10. The molecule has 0 amide bonds. The van der Waals surface area contributed by atoms with E-state index in [1.807, 2.05) is 31.2 Å². The largest absolute Gasteiger partial charge is 0.307 e. The van der Waals surface area contributed by atoms with E-state index in [2.05, 4.69) is 9.97 Å². The van der Waals surface area contributed by atoms with E-state index in [4.69, 9.17) is 0 Å². The summed E-state index contributed by atoms with van der Waals surface area (Å²) in [6.45, 7) is 2.41. The number of hydrogen-bond donors (Lipinski definition) is 0. The Labute approximate surface area is 110 Å². The highest BCUT2D eigenvalue weighted by molar-refractivity contribution is 5.81. The van der Waals surface area contributed by atoms with Crippen LogP contribution in [0.4, 0.5) is 0 Å². The first kappa shape index (κ1) is 11.6. The highest BCUT2D eigenvalue weighted by Gasteiger charge is 2.04. The average molecular weight is 251 g/mol. The fourth-order valence-corrected chi connectivity index (χ4v) is 2.10. The van der Waals surface area contributed by atoms with Crippen LogP contribution >= 0.6 is 0 Å². The fraction of sp³-hybridized carbons (Fsp3) is 0.133. The summed E-state index contributed by atoms with van der Waals surface area (Å²) in [5.74, 6) is 0.635. The lowest BCUT2D eigenvalue weighted by Gasteiger charge is -2.06. The lowest BCUT2D eigenvalue weighted by Crippen LogP contribution is -2.21. The second-order valence-corrected chi connectivity index (χ2v) is 4.50. The average Bonchev–Trinajstić information content (AvgIpc) is 2.43. The molecule has 0 saturated carbocycles. The van der Waals surface area contributed by atoms with E-state index in [-0.39, 0.29) is 5.56 Å². The van der Waals surface area contributed by atoms with Crippen LogP contribution < -0.4 is 5.56 Å². The van der Waals surface area contributed by atoms with Crippen molar-refractivity contribution >= 4 is 10.8 Å². The van der Waals surface area contributed by atoms with Crippen LogP contribution in [-0.2, 0) is 6.54 Å². The first-order chi connectivity index (χ1) is 9.24. The maximum absolute atomic E-state index is 12.4. The van der Waals surface area contributed by atoms with Gasteiger partial charge in [0.2, 0.25) is 0 Å². The number of aromatic nitrogens is 3. The van der Waals surface area contributed by atoms with Crippen molar-refractivity contribution in [2.24, 2.45) is 0 Å². The monoisotopic (exact) mass is 251 g/mol. The van der Waals surface area contributed by atoms with Crippen LogP contribution in [0.25, 0.3) is 10.8 Å². The predicted molar refractivity (Wildman–Crippen MR) is 74.1 cm³/mol. The molecule has 0 aliphatic rings. The van der Waals surface area contributed by atoms with E-state index < -0.39 is 0 Å². The third kappa shape index (κ3) is 2.25. The third-order valence-electron chi connectivity index (χ3n) is 3.06. The second kappa shape index (κ2) is 4.65. The number of fused-ring (bicyclic) bond motifs is 1. The molecule has 0 spiro atoms. The summed E-state index contributed by atoms with van der Waals surface area (Å²) >= 11 is 0. The van der Waals surface area contributed by atoms with E-state index in [0.29, 0.717) is 12.4 Å². The molecule has 2 heterocycles. The van der Waals surface area contributed by atoms with Gasteiger partial charge < -0.3 is 4.57 Å². The third-order valence-corrected chi connectivity index (χ3v) is 3.06. The fourth-order valence-electron chi connectivity index (χ4n) is 2.10. The molecular weight excluding hydrogens is 238 g/mol. The van der Waals surface area contributed by atoms with Crippen molar-refractivity contribution in [1.29, 1.82) is 0 Å². The molecule has 3 aromatic rings. The molecule has 0 radical (unpaired) electrons. The molecule has 19 heavy (non-hydrogen) atoms. The van der Waals surface area contributed by atoms with E-state index in [1.165, 1.54) is 0 Å². The van der Waals surface area contributed by atoms with E-state index in [0.717, 1.165) is 16.3 Å². The lowest BCUT2D eigenvalue weighted by molar-refractivity contribution is 0.720. The van der Waals surface area contributed by atoms with Gasteiger partial charge in [0.15, 0.2) is 0 Å². The molecule has 94 valence electrons. The molecule has 1 aromatic carbocycles. The summed E-state index contributed by atoms with van der Waals surface area (Å²) in [5, 5.41) is 1.69. The minimum Gasteiger partial charge on any atom is -0.307 e. The zero-order valence-electron chi connectivity index (χ0n) is 10.6. The van der Waals surface area contributed by atoms with Crippen molar-refractivity contribution in [3.63, 3.8) is 0 Å². The van der Waals surface area contributed by atoms with Crippen molar-refractivity contribution in [2.75, 3.05) is 0 Å². The Morgan fingerprint density at radius 3 is 2.74 bits per heavy atom. The zero-order valence-corrected chi connectivity index (χ0v) is 10.6. The van der Waals surface area contributed by atoms with Gasteiger partial charge in [0, 0.05) is 24.0 Å². The van der Waals surface area contributed by atoms with Gasteiger partial charge in [0.1, 0.15) is 5.82 Å². The van der Waals surface area contributed by atoms with Crippen LogP contribution in [0.5, 0.6) is 0 Å². The maximum Gasteiger partial charge on any atom is 0.258 e. The van der Waals surface area contributed by atoms with Crippen LogP contribution in [0.2, 0.25) is 0 Å². The van der Waals surface area contributed by atoms with Gasteiger partial charge in [-0.2, -0.15) is 0 Å². The van der Waals surface area contributed by atoms with Gasteiger partial charge in [-0.15, -0.1) is 0 Å². The molecule has 4 nitrogen and oxygen atoms in total. The maximum atomic E-state index is 12.4. The Balaban J connectivity index is 2.08.